The number of anilines is 2. The van der Waals surface area contributed by atoms with E-state index in [0.29, 0.717) is 21.6 Å². The molecule has 2 aromatic carbocycles. The molecular weight excluding hydrogens is 424 g/mol. The van der Waals surface area contributed by atoms with Crippen LogP contribution < -0.4 is 15.0 Å². The molecule has 1 N–H and O–H groups in total. The summed E-state index contributed by atoms with van der Waals surface area (Å²) in [7, 11) is 1.59. The highest BCUT2D eigenvalue weighted by molar-refractivity contribution is 7.99. The van der Waals surface area contributed by atoms with Crippen molar-refractivity contribution in [1.82, 2.24) is 20.2 Å². The van der Waals surface area contributed by atoms with Gasteiger partial charge in [-0.1, -0.05) is 41.6 Å². The predicted molar refractivity (Wildman–Crippen MR) is 118 cm³/mol. The molecule has 1 saturated heterocycles. The Morgan fingerprint density at radius 3 is 2.80 bits per heavy atom. The number of hydrogen-bond donors (Lipinski definition) is 1. The molecule has 3 aromatic rings. The van der Waals surface area contributed by atoms with Crippen LogP contribution in [-0.4, -0.2) is 52.1 Å². The van der Waals surface area contributed by atoms with Gasteiger partial charge < -0.3 is 15.0 Å². The molecule has 8 nitrogen and oxygen atoms in total. The van der Waals surface area contributed by atoms with E-state index < -0.39 is 0 Å². The number of rotatable bonds is 7. The van der Waals surface area contributed by atoms with Gasteiger partial charge in [-0.25, -0.2) is 0 Å². The second kappa shape index (κ2) is 9.36. The molecule has 156 valence electrons. The third-order valence-electron chi connectivity index (χ3n) is 4.77. The Kier molecular flexibility index (Phi) is 6.39. The van der Waals surface area contributed by atoms with Crippen LogP contribution in [0.1, 0.15) is 12.8 Å². The molecule has 0 radical (unpaired) electrons. The molecule has 1 aromatic heterocycles. The molecule has 0 unspecified atom stereocenters. The lowest BCUT2D eigenvalue weighted by Crippen LogP contribution is -2.22. The molecule has 0 saturated carbocycles. The minimum absolute atomic E-state index is 0.154. The smallest absolute Gasteiger partial charge is 0.234 e. The minimum Gasteiger partial charge on any atom is -0.494 e. The molecule has 4 rings (SSSR count). The zero-order chi connectivity index (χ0) is 20.9. The molecule has 0 bridgehead atoms. The van der Waals surface area contributed by atoms with Gasteiger partial charge in [0.1, 0.15) is 11.4 Å². The summed E-state index contributed by atoms with van der Waals surface area (Å²) in [5.74, 6) is 0.643. The number of methoxy groups -OCH3 is 1. The van der Waals surface area contributed by atoms with Crippen molar-refractivity contribution in [3.05, 3.63) is 47.5 Å². The first-order chi connectivity index (χ1) is 14.7. The number of benzene rings is 2. The Morgan fingerprint density at radius 1 is 1.20 bits per heavy atom. The number of aromatic nitrogens is 4. The van der Waals surface area contributed by atoms with Crippen molar-refractivity contribution in [2.45, 2.75) is 18.0 Å². The second-order valence-electron chi connectivity index (χ2n) is 6.71. The molecule has 1 aliphatic heterocycles. The van der Waals surface area contributed by atoms with Crippen LogP contribution in [0, 0.1) is 0 Å². The number of carbonyl (C=O) groups excluding carboxylic acids is 1. The predicted octanol–water partition coefficient (Wildman–Crippen LogP) is 3.66. The summed E-state index contributed by atoms with van der Waals surface area (Å²) >= 11 is 7.68. The largest absolute Gasteiger partial charge is 0.494 e. The first-order valence-corrected chi connectivity index (χ1v) is 10.9. The third kappa shape index (κ3) is 4.36. The van der Waals surface area contributed by atoms with Crippen LogP contribution >= 0.6 is 23.4 Å². The van der Waals surface area contributed by atoms with E-state index in [1.807, 2.05) is 42.5 Å². The molecule has 30 heavy (non-hydrogen) atoms. The Hall–Kier alpha value is -2.78. The highest BCUT2D eigenvalue weighted by atomic mass is 35.5. The molecule has 10 heteroatoms. The molecule has 1 aliphatic rings. The van der Waals surface area contributed by atoms with Crippen LogP contribution in [-0.2, 0) is 4.79 Å². The molecule has 1 fully saturated rings. The molecule has 2 heterocycles. The van der Waals surface area contributed by atoms with Crippen LogP contribution in [0.25, 0.3) is 5.69 Å². The Labute approximate surface area is 183 Å². The fourth-order valence-corrected chi connectivity index (χ4v) is 4.40. The third-order valence-corrected chi connectivity index (χ3v) is 5.99. The number of carbonyl (C=O) groups is 1. The first-order valence-electron chi connectivity index (χ1n) is 9.55. The number of nitrogens with one attached hydrogen (secondary N) is 1. The van der Waals surface area contributed by atoms with Crippen LogP contribution in [0.15, 0.2) is 47.6 Å². The van der Waals surface area contributed by atoms with Gasteiger partial charge in [-0.15, -0.1) is 5.10 Å². The fraction of sp³-hybridized carbons (Fsp3) is 0.300. The number of amides is 1. The lowest BCUT2D eigenvalue weighted by Gasteiger charge is -2.22. The molecule has 0 atom stereocenters. The van der Waals surface area contributed by atoms with E-state index in [9.17, 15) is 4.79 Å². The van der Waals surface area contributed by atoms with E-state index in [0.717, 1.165) is 37.3 Å². The van der Waals surface area contributed by atoms with Gasteiger partial charge in [-0.2, -0.15) is 4.68 Å². The van der Waals surface area contributed by atoms with E-state index in [2.05, 4.69) is 25.7 Å². The summed E-state index contributed by atoms with van der Waals surface area (Å²) < 4.78 is 6.94. The van der Waals surface area contributed by atoms with Crippen molar-refractivity contribution >= 4 is 40.6 Å². The van der Waals surface area contributed by atoms with Gasteiger partial charge in [0.15, 0.2) is 0 Å². The van der Waals surface area contributed by atoms with Crippen LogP contribution in [0.4, 0.5) is 11.4 Å². The molecule has 0 aliphatic carbocycles. The fourth-order valence-electron chi connectivity index (χ4n) is 3.42. The highest BCUT2D eigenvalue weighted by Gasteiger charge is 2.20. The highest BCUT2D eigenvalue weighted by Crippen LogP contribution is 2.36. The lowest BCUT2D eigenvalue weighted by atomic mass is 10.2. The molecular formula is C20H21ClN6O2S. The summed E-state index contributed by atoms with van der Waals surface area (Å²) in [5, 5.41) is 15.9. The average molecular weight is 445 g/mol. The van der Waals surface area contributed by atoms with Gasteiger partial charge in [0.05, 0.1) is 29.3 Å². The number of para-hydroxylation sites is 3. The minimum atomic E-state index is -0.155. The average Bonchev–Trinajstić information content (AvgIpc) is 3.44. The van der Waals surface area contributed by atoms with Crippen molar-refractivity contribution in [2.24, 2.45) is 0 Å². The topological polar surface area (TPSA) is 85.2 Å². The summed E-state index contributed by atoms with van der Waals surface area (Å²) in [6, 6.07) is 13.0. The maximum absolute atomic E-state index is 12.7. The summed E-state index contributed by atoms with van der Waals surface area (Å²) in [6.07, 6.45) is 2.25. The lowest BCUT2D eigenvalue weighted by molar-refractivity contribution is -0.113. The quantitative estimate of drug-likeness (QED) is 0.556. The number of hydrogen-bond acceptors (Lipinski definition) is 7. The van der Waals surface area contributed by atoms with Crippen molar-refractivity contribution in [3.63, 3.8) is 0 Å². The van der Waals surface area contributed by atoms with E-state index in [-0.39, 0.29) is 11.7 Å². The molecule has 0 spiro atoms. The summed E-state index contributed by atoms with van der Waals surface area (Å²) in [6.45, 7) is 1.88. The zero-order valence-corrected chi connectivity index (χ0v) is 18.0. The van der Waals surface area contributed by atoms with Gasteiger partial charge in [0, 0.05) is 13.1 Å². The number of nitrogens with zero attached hydrogens (tertiary/aromatic N) is 5. The van der Waals surface area contributed by atoms with E-state index in [1.165, 1.54) is 11.8 Å². The van der Waals surface area contributed by atoms with Crippen molar-refractivity contribution in [1.29, 1.82) is 0 Å². The Bertz CT molecular complexity index is 1040. The maximum atomic E-state index is 12.7. The summed E-state index contributed by atoms with van der Waals surface area (Å²) in [4.78, 5) is 14.9. The Morgan fingerprint density at radius 2 is 2.00 bits per heavy atom. The SMILES string of the molecule is COc1ccccc1-n1nnnc1SCC(=O)Nc1cccc(Cl)c1N1CCCC1. The number of ether oxygens (including phenoxy) is 1. The zero-order valence-electron chi connectivity index (χ0n) is 16.4. The second-order valence-corrected chi connectivity index (χ2v) is 8.06. The van der Waals surface area contributed by atoms with Gasteiger partial charge in [0.2, 0.25) is 11.1 Å². The van der Waals surface area contributed by atoms with E-state index >= 15 is 0 Å². The van der Waals surface area contributed by atoms with Crippen molar-refractivity contribution in [3.8, 4) is 11.4 Å². The van der Waals surface area contributed by atoms with Gasteiger partial charge in [-0.3, -0.25) is 4.79 Å². The van der Waals surface area contributed by atoms with Crippen LogP contribution in [0.3, 0.4) is 0 Å². The van der Waals surface area contributed by atoms with E-state index in [1.54, 1.807) is 11.8 Å². The van der Waals surface area contributed by atoms with Gasteiger partial charge in [0.25, 0.3) is 0 Å². The normalized spacial score (nSPS) is 13.5. The van der Waals surface area contributed by atoms with E-state index in [4.69, 9.17) is 16.3 Å². The van der Waals surface area contributed by atoms with Crippen molar-refractivity contribution in [2.75, 3.05) is 36.2 Å². The van der Waals surface area contributed by atoms with Gasteiger partial charge in [-0.05, 0) is 47.5 Å². The number of halogens is 1. The van der Waals surface area contributed by atoms with Crippen molar-refractivity contribution < 1.29 is 9.53 Å². The standard InChI is InChI=1S/C20H21ClN6O2S/c1-29-17-10-3-2-9-16(17)27-20(23-24-25-27)30-13-18(28)22-15-8-6-7-14(21)19(15)26-11-4-5-12-26/h2-3,6-10H,4-5,11-13H2,1H3,(H,22,28). The monoisotopic (exact) mass is 444 g/mol. The number of thioether (sulfide) groups is 1. The summed E-state index contributed by atoms with van der Waals surface area (Å²) in [5.41, 5.74) is 2.31. The van der Waals surface area contributed by atoms with Gasteiger partial charge >= 0.3 is 0 Å². The molecule has 1 amide bonds. The maximum Gasteiger partial charge on any atom is 0.234 e. The van der Waals surface area contributed by atoms with Crippen LogP contribution in [0.5, 0.6) is 5.75 Å². The Balaban J connectivity index is 1.46. The van der Waals surface area contributed by atoms with Crippen LogP contribution in [0.2, 0.25) is 5.02 Å². The first kappa shape index (κ1) is 20.5. The number of tetrazole rings is 1.